The Kier molecular flexibility index (Phi) is 7.95. The molecule has 0 aliphatic heterocycles. The maximum Gasteiger partial charge on any atom is 0.261 e. The van der Waals surface area contributed by atoms with Crippen LogP contribution in [0.2, 0.25) is 0 Å². The molecule has 6 nitrogen and oxygen atoms in total. The third-order valence-corrected chi connectivity index (χ3v) is 4.30. The standard InChI is InChI=1S/C21H25N3O3S/c1-4-24(5-2)20(26)15-11-13-16(14-12-15)22-21(28)23-19(25)17-9-7-8-10-18(17)27-6-3/h7-14H,4-6H2,1-3H3,(H2,22,23,25,28). The van der Waals surface area contributed by atoms with Crippen LogP contribution < -0.4 is 15.4 Å². The summed E-state index contributed by atoms with van der Waals surface area (Å²) in [7, 11) is 0. The highest BCUT2D eigenvalue weighted by Gasteiger charge is 2.14. The van der Waals surface area contributed by atoms with Crippen LogP contribution in [0.5, 0.6) is 5.75 Å². The Morgan fingerprint density at radius 3 is 2.25 bits per heavy atom. The van der Waals surface area contributed by atoms with Gasteiger partial charge in [-0.2, -0.15) is 0 Å². The smallest absolute Gasteiger partial charge is 0.261 e. The largest absolute Gasteiger partial charge is 0.493 e. The number of para-hydroxylation sites is 1. The molecule has 0 bridgehead atoms. The van der Waals surface area contributed by atoms with Crippen molar-refractivity contribution < 1.29 is 14.3 Å². The van der Waals surface area contributed by atoms with Crippen molar-refractivity contribution in [2.75, 3.05) is 25.0 Å². The Hall–Kier alpha value is -2.93. The molecule has 0 aliphatic carbocycles. The first kappa shape index (κ1) is 21.4. The predicted octanol–water partition coefficient (Wildman–Crippen LogP) is 3.69. The number of hydrogen-bond acceptors (Lipinski definition) is 4. The number of hydrogen-bond donors (Lipinski definition) is 2. The molecule has 0 atom stereocenters. The Morgan fingerprint density at radius 1 is 1.00 bits per heavy atom. The lowest BCUT2D eigenvalue weighted by atomic mass is 10.1. The number of ether oxygens (including phenoxy) is 1. The summed E-state index contributed by atoms with van der Waals surface area (Å²) in [6.45, 7) is 7.54. The molecule has 28 heavy (non-hydrogen) atoms. The van der Waals surface area contributed by atoms with E-state index in [0.29, 0.717) is 42.3 Å². The van der Waals surface area contributed by atoms with Gasteiger partial charge >= 0.3 is 0 Å². The average molecular weight is 400 g/mol. The molecule has 0 spiro atoms. The van der Waals surface area contributed by atoms with Crippen molar-refractivity contribution in [3.05, 3.63) is 59.7 Å². The van der Waals surface area contributed by atoms with Crippen LogP contribution >= 0.6 is 12.2 Å². The first-order valence-corrected chi connectivity index (χ1v) is 9.64. The Bertz CT molecular complexity index is 833. The summed E-state index contributed by atoms with van der Waals surface area (Å²) in [5, 5.41) is 5.76. The number of rotatable bonds is 7. The third-order valence-electron chi connectivity index (χ3n) is 4.10. The minimum Gasteiger partial charge on any atom is -0.493 e. The molecule has 7 heteroatoms. The number of nitrogens with zero attached hydrogens (tertiary/aromatic N) is 1. The van der Waals surface area contributed by atoms with E-state index in [-0.39, 0.29) is 16.9 Å². The van der Waals surface area contributed by atoms with E-state index in [0.717, 1.165) is 0 Å². The normalized spacial score (nSPS) is 10.1. The van der Waals surface area contributed by atoms with Crippen molar-refractivity contribution in [2.45, 2.75) is 20.8 Å². The first-order chi connectivity index (χ1) is 13.5. The molecule has 148 valence electrons. The van der Waals surface area contributed by atoms with Crippen molar-refractivity contribution in [2.24, 2.45) is 0 Å². The molecule has 2 N–H and O–H groups in total. The molecule has 2 amide bonds. The molecule has 0 fully saturated rings. The predicted molar refractivity (Wildman–Crippen MR) is 115 cm³/mol. The van der Waals surface area contributed by atoms with Crippen molar-refractivity contribution in [3.63, 3.8) is 0 Å². The van der Waals surface area contributed by atoms with Crippen molar-refractivity contribution >= 4 is 34.8 Å². The zero-order valence-electron chi connectivity index (χ0n) is 16.3. The Morgan fingerprint density at radius 2 is 1.64 bits per heavy atom. The molecule has 0 unspecified atom stereocenters. The number of carbonyl (C=O) groups excluding carboxylic acids is 2. The molecule has 2 aromatic rings. The number of benzene rings is 2. The summed E-state index contributed by atoms with van der Waals surface area (Å²) in [6.07, 6.45) is 0. The van der Waals surface area contributed by atoms with Crippen LogP contribution in [0.15, 0.2) is 48.5 Å². The number of nitrogens with one attached hydrogen (secondary N) is 2. The highest BCUT2D eigenvalue weighted by atomic mass is 32.1. The minimum absolute atomic E-state index is 0.0139. The number of thiocarbonyl (C=S) groups is 1. The zero-order valence-corrected chi connectivity index (χ0v) is 17.1. The topological polar surface area (TPSA) is 70.7 Å². The monoisotopic (exact) mass is 399 g/mol. The van der Waals surface area contributed by atoms with Crippen molar-refractivity contribution in [3.8, 4) is 5.75 Å². The molecule has 0 radical (unpaired) electrons. The number of anilines is 1. The molecule has 0 aliphatic rings. The van der Waals surface area contributed by atoms with Crippen LogP contribution in [-0.4, -0.2) is 41.5 Å². The van der Waals surface area contributed by atoms with E-state index in [9.17, 15) is 9.59 Å². The fourth-order valence-electron chi connectivity index (χ4n) is 2.66. The molecule has 2 rings (SSSR count). The fraction of sp³-hybridized carbons (Fsp3) is 0.286. The first-order valence-electron chi connectivity index (χ1n) is 9.23. The van der Waals surface area contributed by atoms with E-state index in [1.165, 1.54) is 0 Å². The summed E-state index contributed by atoms with van der Waals surface area (Å²) in [5.74, 6) is 0.138. The zero-order chi connectivity index (χ0) is 20.5. The van der Waals surface area contributed by atoms with Gasteiger partial charge in [-0.3, -0.25) is 14.9 Å². The maximum atomic E-state index is 12.5. The van der Waals surface area contributed by atoms with Gasteiger partial charge in [-0.05, 0) is 69.4 Å². The molecule has 2 aromatic carbocycles. The SMILES string of the molecule is CCOc1ccccc1C(=O)NC(=S)Nc1ccc(C(=O)N(CC)CC)cc1. The van der Waals surface area contributed by atoms with Gasteiger partial charge in [-0.25, -0.2) is 0 Å². The molecular weight excluding hydrogens is 374 g/mol. The number of carbonyl (C=O) groups is 2. The summed E-state index contributed by atoms with van der Waals surface area (Å²) < 4.78 is 5.47. The Labute approximate surface area is 170 Å². The van der Waals surface area contributed by atoms with Gasteiger partial charge in [0.25, 0.3) is 11.8 Å². The van der Waals surface area contributed by atoms with Crippen molar-refractivity contribution in [1.82, 2.24) is 10.2 Å². The van der Waals surface area contributed by atoms with E-state index < -0.39 is 0 Å². The lowest BCUT2D eigenvalue weighted by Gasteiger charge is -2.18. The van der Waals surface area contributed by atoms with Gasteiger partial charge in [-0.15, -0.1) is 0 Å². The van der Waals surface area contributed by atoms with E-state index >= 15 is 0 Å². The average Bonchev–Trinajstić information content (AvgIpc) is 2.70. The highest BCUT2D eigenvalue weighted by Crippen LogP contribution is 2.18. The van der Waals surface area contributed by atoms with Gasteiger partial charge in [0.2, 0.25) is 0 Å². The lowest BCUT2D eigenvalue weighted by Crippen LogP contribution is -2.34. The van der Waals surface area contributed by atoms with Gasteiger partial charge < -0.3 is 15.0 Å². The van der Waals surface area contributed by atoms with Crippen LogP contribution in [0.25, 0.3) is 0 Å². The van der Waals surface area contributed by atoms with Gasteiger partial charge in [-0.1, -0.05) is 12.1 Å². The summed E-state index contributed by atoms with van der Waals surface area (Å²) in [4.78, 5) is 26.5. The second-order valence-electron chi connectivity index (χ2n) is 5.89. The van der Waals surface area contributed by atoms with Crippen molar-refractivity contribution in [1.29, 1.82) is 0 Å². The second-order valence-corrected chi connectivity index (χ2v) is 6.30. The van der Waals surface area contributed by atoms with Gasteiger partial charge in [0, 0.05) is 24.3 Å². The molecule has 0 saturated carbocycles. The van der Waals surface area contributed by atoms with Crippen LogP contribution in [0.1, 0.15) is 41.5 Å². The van der Waals surface area contributed by atoms with Crippen LogP contribution in [0.4, 0.5) is 5.69 Å². The lowest BCUT2D eigenvalue weighted by molar-refractivity contribution is 0.0772. The van der Waals surface area contributed by atoms with Crippen LogP contribution in [0, 0.1) is 0 Å². The molecular formula is C21H25N3O3S. The van der Waals surface area contributed by atoms with Gasteiger partial charge in [0.15, 0.2) is 5.11 Å². The molecule has 0 heterocycles. The van der Waals surface area contributed by atoms with Crippen LogP contribution in [-0.2, 0) is 0 Å². The summed E-state index contributed by atoms with van der Waals surface area (Å²) in [6, 6.07) is 14.0. The number of amides is 2. The summed E-state index contributed by atoms with van der Waals surface area (Å²) in [5.41, 5.74) is 1.70. The van der Waals surface area contributed by atoms with E-state index in [1.54, 1.807) is 53.4 Å². The molecule has 0 saturated heterocycles. The van der Waals surface area contributed by atoms with Gasteiger partial charge in [0.1, 0.15) is 5.75 Å². The van der Waals surface area contributed by atoms with E-state index in [2.05, 4.69) is 10.6 Å². The summed E-state index contributed by atoms with van der Waals surface area (Å²) >= 11 is 5.22. The minimum atomic E-state index is -0.352. The molecule has 0 aromatic heterocycles. The fourth-order valence-corrected chi connectivity index (χ4v) is 2.87. The quantitative estimate of drug-likeness (QED) is 0.695. The van der Waals surface area contributed by atoms with E-state index in [1.807, 2.05) is 20.8 Å². The second kappa shape index (κ2) is 10.4. The van der Waals surface area contributed by atoms with Gasteiger partial charge in [0.05, 0.1) is 12.2 Å². The van der Waals surface area contributed by atoms with Crippen LogP contribution in [0.3, 0.4) is 0 Å². The highest BCUT2D eigenvalue weighted by molar-refractivity contribution is 7.80. The van der Waals surface area contributed by atoms with E-state index in [4.69, 9.17) is 17.0 Å². The maximum absolute atomic E-state index is 12.5. The Balaban J connectivity index is 2.00. The third kappa shape index (κ3) is 5.53.